The molecule has 0 aliphatic rings. The summed E-state index contributed by atoms with van der Waals surface area (Å²) in [4.78, 5) is 0. The number of hydrogen-bond acceptors (Lipinski definition) is 1. The normalized spacial score (nSPS) is 10.7. The Hall–Kier alpha value is -1.06. The van der Waals surface area contributed by atoms with Crippen LogP contribution in [0.15, 0.2) is 66.7 Å². The zero-order valence-electron chi connectivity index (χ0n) is 11.2. The van der Waals surface area contributed by atoms with Crippen LogP contribution in [0.25, 0.3) is 32.3 Å². The Morgan fingerprint density at radius 2 is 1.00 bits per heavy atom. The maximum atomic E-state index is 9.54. The van der Waals surface area contributed by atoms with Gasteiger partial charge in [0.2, 0.25) is 0 Å². The SMILES string of the molecule is O[B]c1cccc2c3ccccc3c3ccccc3c12.[Ho]. The molecule has 4 aromatic carbocycles. The topological polar surface area (TPSA) is 20.2 Å². The van der Waals surface area contributed by atoms with Crippen molar-refractivity contribution >= 4 is 45.3 Å². The van der Waals surface area contributed by atoms with E-state index in [2.05, 4.69) is 48.5 Å². The number of hydrogen-bond donors (Lipinski definition) is 1. The van der Waals surface area contributed by atoms with Gasteiger partial charge in [-0.2, -0.15) is 0 Å². The van der Waals surface area contributed by atoms with Gasteiger partial charge < -0.3 is 5.02 Å². The maximum Gasteiger partial charge on any atom is 0.327 e. The van der Waals surface area contributed by atoms with E-state index in [4.69, 9.17) is 0 Å². The van der Waals surface area contributed by atoms with Crippen molar-refractivity contribution in [2.45, 2.75) is 0 Å². The van der Waals surface area contributed by atoms with Crippen LogP contribution in [-0.4, -0.2) is 12.5 Å². The zero-order chi connectivity index (χ0) is 13.5. The molecule has 0 atom stereocenters. The molecular formula is C18H12BHoO. The van der Waals surface area contributed by atoms with Crippen LogP contribution in [0.4, 0.5) is 0 Å². The van der Waals surface area contributed by atoms with Crippen molar-refractivity contribution in [1.29, 1.82) is 0 Å². The third kappa shape index (κ3) is 2.27. The van der Waals surface area contributed by atoms with E-state index < -0.39 is 0 Å². The third-order valence-electron chi connectivity index (χ3n) is 3.94. The van der Waals surface area contributed by atoms with E-state index in [1.165, 1.54) is 34.4 Å². The molecule has 2 radical (unpaired) electrons. The summed E-state index contributed by atoms with van der Waals surface area (Å²) in [7, 11) is 1.20. The van der Waals surface area contributed by atoms with Gasteiger partial charge in [-0.15, -0.1) is 0 Å². The van der Waals surface area contributed by atoms with Crippen LogP contribution in [0.1, 0.15) is 0 Å². The number of benzene rings is 4. The number of fused-ring (bicyclic) bond motifs is 6. The zero-order valence-corrected chi connectivity index (χ0v) is 13.1. The largest absolute Gasteiger partial charge is 0.450 e. The van der Waals surface area contributed by atoms with Crippen LogP contribution in [0.2, 0.25) is 0 Å². The summed E-state index contributed by atoms with van der Waals surface area (Å²) in [5, 5.41) is 16.7. The van der Waals surface area contributed by atoms with Crippen molar-refractivity contribution in [2.24, 2.45) is 0 Å². The van der Waals surface area contributed by atoms with Gasteiger partial charge in [0.1, 0.15) is 0 Å². The minimum atomic E-state index is 0. The van der Waals surface area contributed by atoms with Gasteiger partial charge in [0.05, 0.1) is 0 Å². The molecule has 0 amide bonds. The van der Waals surface area contributed by atoms with Crippen molar-refractivity contribution in [2.75, 3.05) is 0 Å². The van der Waals surface area contributed by atoms with E-state index in [1.807, 2.05) is 18.2 Å². The molecule has 0 saturated heterocycles. The van der Waals surface area contributed by atoms with E-state index in [-0.39, 0.29) is 37.7 Å². The van der Waals surface area contributed by atoms with Gasteiger partial charge in [-0.3, -0.25) is 0 Å². The van der Waals surface area contributed by atoms with Crippen molar-refractivity contribution in [3.63, 3.8) is 0 Å². The molecule has 0 saturated carbocycles. The van der Waals surface area contributed by atoms with Crippen LogP contribution < -0.4 is 5.46 Å². The summed E-state index contributed by atoms with van der Waals surface area (Å²) in [5.41, 5.74) is 0.865. The predicted molar refractivity (Wildman–Crippen MR) is 86.6 cm³/mol. The molecule has 21 heavy (non-hydrogen) atoms. The van der Waals surface area contributed by atoms with E-state index in [1.54, 1.807) is 0 Å². The standard InChI is InChI=1S/C18H12BO.Ho/c20-19-17-11-5-10-16-14-7-2-1-6-12(14)13-8-3-4-9-15(13)18(16)17;/h1-11,20H;. The molecular weight excluding hydrogens is 408 g/mol. The van der Waals surface area contributed by atoms with Gasteiger partial charge in [-0.25, -0.2) is 0 Å². The Labute approximate surface area is 153 Å². The Balaban J connectivity index is 0.00000132. The first-order valence-electron chi connectivity index (χ1n) is 6.70. The molecule has 0 heterocycles. The first-order valence-corrected chi connectivity index (χ1v) is 6.70. The minimum absolute atomic E-state index is 0. The molecule has 0 bridgehead atoms. The molecule has 0 unspecified atom stereocenters. The van der Waals surface area contributed by atoms with Gasteiger partial charge in [-0.1, -0.05) is 66.7 Å². The fourth-order valence-corrected chi connectivity index (χ4v) is 3.09. The molecule has 3 heteroatoms. The summed E-state index contributed by atoms with van der Waals surface area (Å²) >= 11 is 0. The fraction of sp³-hybridized carbons (Fsp3) is 0. The third-order valence-corrected chi connectivity index (χ3v) is 3.94. The smallest absolute Gasteiger partial charge is 0.327 e. The van der Waals surface area contributed by atoms with Crippen molar-refractivity contribution in [3.05, 3.63) is 66.7 Å². The van der Waals surface area contributed by atoms with Crippen molar-refractivity contribution in [3.8, 4) is 0 Å². The van der Waals surface area contributed by atoms with Crippen LogP contribution in [0.5, 0.6) is 0 Å². The second kappa shape index (κ2) is 5.98. The van der Waals surface area contributed by atoms with Gasteiger partial charge >= 0.3 is 7.48 Å². The van der Waals surface area contributed by atoms with Crippen molar-refractivity contribution in [1.82, 2.24) is 0 Å². The minimum Gasteiger partial charge on any atom is -0.450 e. The molecule has 4 aromatic rings. The van der Waals surface area contributed by atoms with Crippen LogP contribution >= 0.6 is 0 Å². The molecule has 0 fully saturated rings. The molecule has 0 aliphatic carbocycles. The average Bonchev–Trinajstić information content (AvgIpc) is 2.54. The summed E-state index contributed by atoms with van der Waals surface area (Å²) in [6.45, 7) is 0. The van der Waals surface area contributed by atoms with Gasteiger partial charge in [0, 0.05) is 37.7 Å². The predicted octanol–water partition coefficient (Wildman–Crippen LogP) is 3.38. The quantitative estimate of drug-likeness (QED) is 0.370. The Kier molecular flexibility index (Phi) is 4.23. The molecule has 4 rings (SSSR count). The molecule has 0 aromatic heterocycles. The second-order valence-electron chi connectivity index (χ2n) is 4.99. The summed E-state index contributed by atoms with van der Waals surface area (Å²) in [6, 6.07) is 22.9. The van der Waals surface area contributed by atoms with Crippen LogP contribution in [0.3, 0.4) is 0 Å². The van der Waals surface area contributed by atoms with Crippen LogP contribution in [0, 0.1) is 37.7 Å². The average molecular weight is 420 g/mol. The molecule has 1 N–H and O–H groups in total. The monoisotopic (exact) mass is 420 g/mol. The number of rotatable bonds is 1. The first-order chi connectivity index (χ1) is 9.90. The molecule has 0 aliphatic heterocycles. The van der Waals surface area contributed by atoms with E-state index in [9.17, 15) is 5.02 Å². The maximum absolute atomic E-state index is 9.54. The van der Waals surface area contributed by atoms with Crippen LogP contribution in [-0.2, 0) is 0 Å². The van der Waals surface area contributed by atoms with Crippen molar-refractivity contribution < 1.29 is 42.8 Å². The fourth-order valence-electron chi connectivity index (χ4n) is 3.09. The van der Waals surface area contributed by atoms with Gasteiger partial charge in [0.15, 0.2) is 0 Å². The Bertz CT molecular complexity index is 904. The summed E-state index contributed by atoms with van der Waals surface area (Å²) in [5.74, 6) is 0. The van der Waals surface area contributed by atoms with Gasteiger partial charge in [-0.05, 0) is 37.8 Å². The van der Waals surface area contributed by atoms with E-state index in [0.29, 0.717) is 0 Å². The molecule has 0 spiro atoms. The summed E-state index contributed by atoms with van der Waals surface area (Å²) in [6.07, 6.45) is 0. The second-order valence-corrected chi connectivity index (χ2v) is 4.99. The first kappa shape index (κ1) is 14.9. The molecule has 104 valence electrons. The van der Waals surface area contributed by atoms with E-state index >= 15 is 0 Å². The van der Waals surface area contributed by atoms with E-state index in [0.717, 1.165) is 10.8 Å². The van der Waals surface area contributed by atoms with Gasteiger partial charge in [0.25, 0.3) is 0 Å². The summed E-state index contributed by atoms with van der Waals surface area (Å²) < 4.78 is 0. The Morgan fingerprint density at radius 1 is 0.571 bits per heavy atom. The molecule has 1 nitrogen and oxygen atoms in total. The Morgan fingerprint density at radius 3 is 1.52 bits per heavy atom.